The van der Waals surface area contributed by atoms with Gasteiger partial charge in [-0.3, -0.25) is 4.99 Å². The smallest absolute Gasteiger partial charge is 0.193 e. The van der Waals surface area contributed by atoms with Crippen molar-refractivity contribution in [2.24, 2.45) is 10.7 Å². The summed E-state index contributed by atoms with van der Waals surface area (Å²) in [5.74, 6) is 0.482. The van der Waals surface area contributed by atoms with Crippen LogP contribution in [0.1, 0.15) is 34.7 Å². The molecule has 0 spiro atoms. The van der Waals surface area contributed by atoms with Gasteiger partial charge in [0.25, 0.3) is 0 Å². The number of guanidine groups is 1. The zero-order valence-corrected chi connectivity index (χ0v) is 14.3. The van der Waals surface area contributed by atoms with E-state index >= 15 is 0 Å². The minimum Gasteiger partial charge on any atom is -0.370 e. The molecule has 0 aliphatic carbocycles. The Hall–Kier alpha value is -1.88. The van der Waals surface area contributed by atoms with Gasteiger partial charge in [0.15, 0.2) is 5.96 Å². The van der Waals surface area contributed by atoms with Crippen LogP contribution in [0.3, 0.4) is 0 Å². The Morgan fingerprint density at radius 2 is 1.91 bits per heavy atom. The van der Waals surface area contributed by atoms with Crippen molar-refractivity contribution < 1.29 is 0 Å². The summed E-state index contributed by atoms with van der Waals surface area (Å²) in [5, 5.41) is 6.46. The van der Waals surface area contributed by atoms with Gasteiger partial charge >= 0.3 is 0 Å². The van der Waals surface area contributed by atoms with E-state index in [1.165, 1.54) is 16.1 Å². The summed E-state index contributed by atoms with van der Waals surface area (Å²) in [7, 11) is 0. The van der Waals surface area contributed by atoms with Crippen LogP contribution in [0.5, 0.6) is 0 Å². The summed E-state index contributed by atoms with van der Waals surface area (Å²) in [4.78, 5) is 8.84. The number of aromatic nitrogens is 1. The summed E-state index contributed by atoms with van der Waals surface area (Å²) >= 11 is 1.73. The Labute approximate surface area is 136 Å². The fraction of sp³-hybridized carbons (Fsp3) is 0.412. The molecule has 0 saturated heterocycles. The van der Waals surface area contributed by atoms with E-state index in [1.54, 1.807) is 11.3 Å². The second kappa shape index (κ2) is 7.94. The third-order valence-corrected chi connectivity index (χ3v) is 4.27. The third kappa shape index (κ3) is 5.48. The first-order chi connectivity index (χ1) is 10.5. The minimum absolute atomic E-state index is 0.482. The molecule has 0 fully saturated rings. The molecular formula is C17H24N4S. The highest BCUT2D eigenvalue weighted by Gasteiger charge is 1.99. The molecule has 0 amide bonds. The minimum atomic E-state index is 0.482. The average Bonchev–Trinajstić information content (AvgIpc) is 2.83. The molecule has 0 unspecified atom stereocenters. The van der Waals surface area contributed by atoms with E-state index in [0.29, 0.717) is 5.96 Å². The Bertz CT molecular complexity index is 626. The van der Waals surface area contributed by atoms with Crippen molar-refractivity contribution in [3.8, 4) is 0 Å². The lowest BCUT2D eigenvalue weighted by Gasteiger charge is -2.08. The summed E-state index contributed by atoms with van der Waals surface area (Å²) in [6.45, 7) is 6.93. The number of nitrogens with one attached hydrogen (secondary N) is 1. The van der Waals surface area contributed by atoms with Crippen molar-refractivity contribution in [3.05, 3.63) is 45.4 Å². The molecule has 2 aromatic rings. The first kappa shape index (κ1) is 16.5. The number of nitrogens with two attached hydrogens (primary N) is 1. The number of hydrogen-bond donors (Lipinski definition) is 2. The number of nitrogens with zero attached hydrogens (tertiary/aromatic N) is 2. The van der Waals surface area contributed by atoms with Crippen LogP contribution in [0.2, 0.25) is 0 Å². The highest BCUT2D eigenvalue weighted by Crippen LogP contribution is 2.14. The van der Waals surface area contributed by atoms with Crippen molar-refractivity contribution >= 4 is 23.0 Å². The van der Waals surface area contributed by atoms with Crippen LogP contribution >= 0.6 is 11.3 Å². The van der Waals surface area contributed by atoms with Crippen molar-refractivity contribution in [1.82, 2.24) is 4.98 Å². The van der Waals surface area contributed by atoms with Crippen molar-refractivity contribution in [2.45, 2.75) is 40.0 Å². The monoisotopic (exact) mass is 316 g/mol. The Morgan fingerprint density at radius 1 is 1.18 bits per heavy atom. The van der Waals surface area contributed by atoms with E-state index in [0.717, 1.165) is 37.2 Å². The van der Waals surface area contributed by atoms with Gasteiger partial charge in [0.2, 0.25) is 0 Å². The normalized spacial score (nSPS) is 11.7. The fourth-order valence-corrected chi connectivity index (χ4v) is 3.16. The van der Waals surface area contributed by atoms with Crippen molar-refractivity contribution in [2.75, 3.05) is 11.9 Å². The predicted molar refractivity (Wildman–Crippen MR) is 95.8 cm³/mol. The second-order valence-electron chi connectivity index (χ2n) is 5.61. The first-order valence-corrected chi connectivity index (χ1v) is 8.47. The molecule has 3 N–H and O–H groups in total. The third-order valence-electron chi connectivity index (χ3n) is 3.24. The molecule has 118 valence electrons. The molecule has 1 heterocycles. The lowest BCUT2D eigenvalue weighted by atomic mass is 10.1. The van der Waals surface area contributed by atoms with Crippen LogP contribution in [-0.2, 0) is 6.42 Å². The van der Waals surface area contributed by atoms with E-state index in [1.807, 2.05) is 6.92 Å². The summed E-state index contributed by atoms with van der Waals surface area (Å²) in [6, 6.07) is 6.28. The lowest BCUT2D eigenvalue weighted by molar-refractivity contribution is 0.741. The first-order valence-electron chi connectivity index (χ1n) is 7.59. The Morgan fingerprint density at radius 3 is 2.55 bits per heavy atom. The maximum atomic E-state index is 5.93. The fourth-order valence-electron chi connectivity index (χ4n) is 2.34. The number of benzene rings is 1. The van der Waals surface area contributed by atoms with E-state index in [9.17, 15) is 0 Å². The SMILES string of the molecule is Cc1cc(C)cc(NC(N)=NCCCCc2nc(C)cs2)c1. The molecular weight excluding hydrogens is 292 g/mol. The maximum Gasteiger partial charge on any atom is 0.193 e. The molecule has 0 aliphatic rings. The zero-order valence-electron chi connectivity index (χ0n) is 13.5. The quantitative estimate of drug-likeness (QED) is 0.484. The lowest BCUT2D eigenvalue weighted by Crippen LogP contribution is -2.23. The topological polar surface area (TPSA) is 63.3 Å². The van der Waals surface area contributed by atoms with Gasteiger partial charge in [0.1, 0.15) is 0 Å². The van der Waals surface area contributed by atoms with E-state index in [2.05, 4.69) is 52.7 Å². The number of aliphatic imine (C=N–C) groups is 1. The second-order valence-corrected chi connectivity index (χ2v) is 6.55. The summed E-state index contributed by atoms with van der Waals surface area (Å²) in [6.07, 6.45) is 3.14. The number of hydrogen-bond acceptors (Lipinski definition) is 3. The van der Waals surface area contributed by atoms with Gasteiger partial charge < -0.3 is 11.1 Å². The highest BCUT2D eigenvalue weighted by molar-refractivity contribution is 7.09. The molecule has 1 aromatic heterocycles. The van der Waals surface area contributed by atoms with Crippen LogP contribution in [0.25, 0.3) is 0 Å². The number of rotatable bonds is 6. The Kier molecular flexibility index (Phi) is 5.95. The van der Waals surface area contributed by atoms with Crippen LogP contribution < -0.4 is 11.1 Å². The van der Waals surface area contributed by atoms with Crippen LogP contribution in [0.15, 0.2) is 28.6 Å². The van der Waals surface area contributed by atoms with Gasteiger partial charge in [-0.15, -0.1) is 11.3 Å². The van der Waals surface area contributed by atoms with Crippen LogP contribution in [-0.4, -0.2) is 17.5 Å². The summed E-state index contributed by atoms with van der Waals surface area (Å²) < 4.78 is 0. The number of thiazole rings is 1. The predicted octanol–water partition coefficient (Wildman–Crippen LogP) is 3.82. The largest absolute Gasteiger partial charge is 0.370 e. The number of aryl methyl sites for hydroxylation is 4. The zero-order chi connectivity index (χ0) is 15.9. The summed E-state index contributed by atoms with van der Waals surface area (Å²) in [5.41, 5.74) is 10.5. The number of anilines is 1. The molecule has 2 rings (SSSR count). The van der Waals surface area contributed by atoms with Gasteiger partial charge in [0, 0.05) is 23.3 Å². The van der Waals surface area contributed by atoms with Crippen LogP contribution in [0, 0.1) is 20.8 Å². The molecule has 0 radical (unpaired) electrons. The molecule has 22 heavy (non-hydrogen) atoms. The molecule has 4 nitrogen and oxygen atoms in total. The van der Waals surface area contributed by atoms with Crippen molar-refractivity contribution in [3.63, 3.8) is 0 Å². The van der Waals surface area contributed by atoms with E-state index in [4.69, 9.17) is 5.73 Å². The maximum absolute atomic E-state index is 5.93. The van der Waals surface area contributed by atoms with Crippen LogP contribution in [0.4, 0.5) is 5.69 Å². The Balaban J connectivity index is 1.73. The molecule has 0 atom stereocenters. The van der Waals surface area contributed by atoms with E-state index in [-0.39, 0.29) is 0 Å². The molecule has 0 aliphatic heterocycles. The van der Waals surface area contributed by atoms with Gasteiger partial charge in [-0.25, -0.2) is 4.98 Å². The molecule has 5 heteroatoms. The van der Waals surface area contributed by atoms with E-state index < -0.39 is 0 Å². The molecule has 0 bridgehead atoms. The van der Waals surface area contributed by atoms with Gasteiger partial charge in [0.05, 0.1) is 5.01 Å². The molecule has 0 saturated carbocycles. The van der Waals surface area contributed by atoms with Gasteiger partial charge in [-0.2, -0.15) is 0 Å². The standard InChI is InChI=1S/C17H24N4S/c1-12-8-13(2)10-15(9-12)21-17(18)19-7-5-4-6-16-20-14(3)11-22-16/h8-11H,4-7H2,1-3H3,(H3,18,19,21). The number of unbranched alkanes of at least 4 members (excludes halogenated alkanes) is 1. The average molecular weight is 316 g/mol. The molecule has 1 aromatic carbocycles. The van der Waals surface area contributed by atoms with Gasteiger partial charge in [-0.05, 0) is 63.3 Å². The van der Waals surface area contributed by atoms with Crippen molar-refractivity contribution in [1.29, 1.82) is 0 Å². The van der Waals surface area contributed by atoms with Gasteiger partial charge in [-0.1, -0.05) is 6.07 Å². The highest BCUT2D eigenvalue weighted by atomic mass is 32.1.